The Hall–Kier alpha value is -1.61. The summed E-state index contributed by atoms with van der Waals surface area (Å²) in [5, 5.41) is 5.94. The first-order chi connectivity index (χ1) is 9.69. The molecule has 0 unspecified atom stereocenters. The van der Waals surface area contributed by atoms with Crippen LogP contribution in [0.2, 0.25) is 0 Å². The van der Waals surface area contributed by atoms with E-state index < -0.39 is 0 Å². The average molecular weight is 271 g/mol. The summed E-state index contributed by atoms with van der Waals surface area (Å²) in [6.45, 7) is 11.6. The van der Waals surface area contributed by atoms with Crippen molar-refractivity contribution in [3.63, 3.8) is 0 Å². The number of fused-ring (bicyclic) bond motifs is 1. The molecule has 0 fully saturated rings. The highest BCUT2D eigenvalue weighted by Crippen LogP contribution is 2.28. The fourth-order valence-corrected chi connectivity index (χ4v) is 2.63. The molecular weight excluding hydrogens is 246 g/mol. The average Bonchev–Trinajstić information content (AvgIpc) is 2.46. The molecule has 2 aromatic rings. The van der Waals surface area contributed by atoms with Gasteiger partial charge in [-0.15, -0.1) is 0 Å². The lowest BCUT2D eigenvalue weighted by atomic mass is 10.1. The molecule has 1 N–H and O–H groups in total. The zero-order chi connectivity index (χ0) is 14.5. The van der Waals surface area contributed by atoms with Crippen LogP contribution in [0.4, 0.5) is 5.82 Å². The van der Waals surface area contributed by atoms with E-state index in [1.807, 2.05) is 6.20 Å². The van der Waals surface area contributed by atoms with Crippen molar-refractivity contribution in [3.05, 3.63) is 36.0 Å². The van der Waals surface area contributed by atoms with Gasteiger partial charge in [0, 0.05) is 30.7 Å². The third-order valence-electron chi connectivity index (χ3n) is 3.66. The molecule has 0 aliphatic carbocycles. The van der Waals surface area contributed by atoms with Crippen molar-refractivity contribution >= 4 is 16.6 Å². The van der Waals surface area contributed by atoms with Crippen LogP contribution in [0.1, 0.15) is 33.3 Å². The van der Waals surface area contributed by atoms with Crippen molar-refractivity contribution in [3.8, 4) is 0 Å². The molecule has 2 rings (SSSR count). The van der Waals surface area contributed by atoms with Crippen LogP contribution in [0, 0.1) is 0 Å². The second-order valence-corrected chi connectivity index (χ2v) is 5.31. The van der Waals surface area contributed by atoms with E-state index in [0.29, 0.717) is 6.04 Å². The van der Waals surface area contributed by atoms with E-state index in [4.69, 9.17) is 4.98 Å². The summed E-state index contributed by atoms with van der Waals surface area (Å²) in [5.74, 6) is 1.10. The first-order valence-corrected chi connectivity index (χ1v) is 7.53. The number of benzene rings is 1. The summed E-state index contributed by atoms with van der Waals surface area (Å²) in [5.41, 5.74) is 1.27. The van der Waals surface area contributed by atoms with Gasteiger partial charge in [0.25, 0.3) is 0 Å². The summed E-state index contributed by atoms with van der Waals surface area (Å²) in [4.78, 5) is 7.08. The summed E-state index contributed by atoms with van der Waals surface area (Å²) < 4.78 is 0. The van der Waals surface area contributed by atoms with Crippen LogP contribution in [0.3, 0.4) is 0 Å². The normalized spacial score (nSPS) is 11.2. The Kier molecular flexibility index (Phi) is 4.96. The number of hydrogen-bond acceptors (Lipinski definition) is 3. The van der Waals surface area contributed by atoms with Crippen LogP contribution in [-0.2, 0) is 6.54 Å². The zero-order valence-corrected chi connectivity index (χ0v) is 13.0. The predicted octanol–water partition coefficient (Wildman–Crippen LogP) is 3.58. The molecule has 1 aromatic heterocycles. The van der Waals surface area contributed by atoms with Crippen molar-refractivity contribution in [1.82, 2.24) is 10.3 Å². The minimum absolute atomic E-state index is 0.454. The molecule has 1 heterocycles. The lowest BCUT2D eigenvalue weighted by molar-refractivity contribution is 0.694. The summed E-state index contributed by atoms with van der Waals surface area (Å²) >= 11 is 0. The van der Waals surface area contributed by atoms with Crippen LogP contribution in [0.15, 0.2) is 30.5 Å². The lowest BCUT2D eigenvalue weighted by Gasteiger charge is -2.28. The van der Waals surface area contributed by atoms with Gasteiger partial charge < -0.3 is 10.2 Å². The maximum absolute atomic E-state index is 4.74. The minimum Gasteiger partial charge on any atom is -0.354 e. The number of rotatable bonds is 6. The fourth-order valence-electron chi connectivity index (χ4n) is 2.63. The highest BCUT2D eigenvalue weighted by molar-refractivity contribution is 5.94. The van der Waals surface area contributed by atoms with E-state index in [-0.39, 0.29) is 0 Å². The molecule has 3 nitrogen and oxygen atoms in total. The van der Waals surface area contributed by atoms with E-state index in [0.717, 1.165) is 25.5 Å². The third-order valence-corrected chi connectivity index (χ3v) is 3.66. The van der Waals surface area contributed by atoms with Gasteiger partial charge in [0.15, 0.2) is 0 Å². The second kappa shape index (κ2) is 6.71. The molecule has 3 heteroatoms. The molecule has 20 heavy (non-hydrogen) atoms. The maximum Gasteiger partial charge on any atom is 0.136 e. The number of aromatic nitrogens is 1. The van der Waals surface area contributed by atoms with Gasteiger partial charge >= 0.3 is 0 Å². The first-order valence-electron chi connectivity index (χ1n) is 7.53. The molecule has 0 aliphatic heterocycles. The Morgan fingerprint density at radius 3 is 2.45 bits per heavy atom. The van der Waals surface area contributed by atoms with E-state index in [2.05, 4.69) is 62.2 Å². The van der Waals surface area contributed by atoms with Gasteiger partial charge in [0.2, 0.25) is 0 Å². The number of pyridine rings is 1. The highest BCUT2D eigenvalue weighted by Gasteiger charge is 2.14. The zero-order valence-electron chi connectivity index (χ0n) is 13.0. The molecule has 0 aliphatic rings. The third kappa shape index (κ3) is 2.93. The van der Waals surface area contributed by atoms with E-state index in [9.17, 15) is 0 Å². The molecule has 0 saturated heterocycles. The van der Waals surface area contributed by atoms with Crippen LogP contribution in [0.5, 0.6) is 0 Å². The molecule has 0 amide bonds. The highest BCUT2D eigenvalue weighted by atomic mass is 15.2. The second-order valence-electron chi connectivity index (χ2n) is 5.31. The summed E-state index contributed by atoms with van der Waals surface area (Å²) in [7, 11) is 0. The smallest absolute Gasteiger partial charge is 0.136 e. The van der Waals surface area contributed by atoms with E-state index in [1.54, 1.807) is 0 Å². The van der Waals surface area contributed by atoms with Crippen LogP contribution in [-0.4, -0.2) is 24.1 Å². The first kappa shape index (κ1) is 14.8. The van der Waals surface area contributed by atoms with E-state index >= 15 is 0 Å². The van der Waals surface area contributed by atoms with Crippen LogP contribution in [0.25, 0.3) is 10.8 Å². The molecule has 0 spiro atoms. The quantitative estimate of drug-likeness (QED) is 0.870. The van der Waals surface area contributed by atoms with Crippen molar-refractivity contribution in [2.75, 3.05) is 18.0 Å². The number of anilines is 1. The Morgan fingerprint density at radius 2 is 1.85 bits per heavy atom. The SMILES string of the molecule is CCNCc1cnc(N(CC)C(C)C)c2ccccc12. The van der Waals surface area contributed by atoms with Crippen molar-refractivity contribution in [1.29, 1.82) is 0 Å². The number of hydrogen-bond donors (Lipinski definition) is 1. The van der Waals surface area contributed by atoms with Crippen molar-refractivity contribution in [2.24, 2.45) is 0 Å². The predicted molar refractivity (Wildman–Crippen MR) is 87.3 cm³/mol. The largest absolute Gasteiger partial charge is 0.354 e. The summed E-state index contributed by atoms with van der Waals surface area (Å²) in [6, 6.07) is 9.03. The Labute approximate surface area is 122 Å². The van der Waals surface area contributed by atoms with Gasteiger partial charge in [0.1, 0.15) is 5.82 Å². The standard InChI is InChI=1S/C17H25N3/c1-5-18-11-14-12-19-17(20(6-2)13(3)4)16-10-8-7-9-15(14)16/h7-10,12-13,18H,5-6,11H2,1-4H3. The molecule has 0 saturated carbocycles. The fraction of sp³-hybridized carbons (Fsp3) is 0.471. The topological polar surface area (TPSA) is 28.2 Å². The van der Waals surface area contributed by atoms with Crippen molar-refractivity contribution in [2.45, 2.75) is 40.3 Å². The van der Waals surface area contributed by atoms with Crippen molar-refractivity contribution < 1.29 is 0 Å². The Morgan fingerprint density at radius 1 is 1.15 bits per heavy atom. The Bertz CT molecular complexity index is 563. The lowest BCUT2D eigenvalue weighted by Crippen LogP contribution is -2.31. The van der Waals surface area contributed by atoms with Gasteiger partial charge in [-0.05, 0) is 38.3 Å². The van der Waals surface area contributed by atoms with Gasteiger partial charge in [-0.1, -0.05) is 31.2 Å². The Balaban J connectivity index is 2.53. The number of nitrogens with one attached hydrogen (secondary N) is 1. The molecule has 1 aromatic carbocycles. The number of nitrogens with zero attached hydrogens (tertiary/aromatic N) is 2. The minimum atomic E-state index is 0.454. The molecule has 0 radical (unpaired) electrons. The van der Waals surface area contributed by atoms with Gasteiger partial charge in [-0.3, -0.25) is 0 Å². The van der Waals surface area contributed by atoms with Crippen LogP contribution >= 0.6 is 0 Å². The maximum atomic E-state index is 4.74. The molecular formula is C17H25N3. The van der Waals surface area contributed by atoms with Gasteiger partial charge in [-0.25, -0.2) is 4.98 Å². The van der Waals surface area contributed by atoms with E-state index in [1.165, 1.54) is 16.3 Å². The summed E-state index contributed by atoms with van der Waals surface area (Å²) in [6.07, 6.45) is 2.02. The molecule has 0 bridgehead atoms. The monoisotopic (exact) mass is 271 g/mol. The van der Waals surface area contributed by atoms with Gasteiger partial charge in [0.05, 0.1) is 0 Å². The molecule has 0 atom stereocenters. The van der Waals surface area contributed by atoms with Crippen LogP contribution < -0.4 is 10.2 Å². The van der Waals surface area contributed by atoms with Gasteiger partial charge in [-0.2, -0.15) is 0 Å². The molecule has 108 valence electrons.